The molecule has 204 valence electrons. The number of carbonyl (C=O) groups excluding carboxylic acids is 1. The maximum atomic E-state index is 13.2. The zero-order valence-electron chi connectivity index (χ0n) is 23.9. The van der Waals surface area contributed by atoms with Crippen molar-refractivity contribution in [3.63, 3.8) is 0 Å². The first-order chi connectivity index (χ1) is 19.3. The summed E-state index contributed by atoms with van der Waals surface area (Å²) in [6.45, 7) is 10.3. The van der Waals surface area contributed by atoms with E-state index in [4.69, 9.17) is 6.42 Å². The van der Waals surface area contributed by atoms with Crippen LogP contribution < -0.4 is 10.4 Å². The summed E-state index contributed by atoms with van der Waals surface area (Å²) < 4.78 is 0. The molecule has 3 aliphatic rings. The molecule has 4 heteroatoms. The number of nitrogens with zero attached hydrogens (tertiary/aromatic N) is 2. The zero-order chi connectivity index (χ0) is 28.8. The van der Waals surface area contributed by atoms with E-state index in [1.165, 1.54) is 0 Å². The molecule has 5 unspecified atom stereocenters. The topological polar surface area (TPSA) is 43.8 Å². The van der Waals surface area contributed by atoms with Crippen molar-refractivity contribution in [1.29, 1.82) is 0 Å². The van der Waals surface area contributed by atoms with E-state index in [0.717, 1.165) is 33.1 Å². The second-order valence-corrected chi connectivity index (χ2v) is 10.8. The molecule has 0 saturated heterocycles. The van der Waals surface area contributed by atoms with Crippen molar-refractivity contribution in [1.82, 2.24) is 9.80 Å². The Bertz CT molecular complexity index is 1580. The van der Waals surface area contributed by atoms with Crippen LogP contribution in [0.1, 0.15) is 33.6 Å². The molecule has 0 aromatic heterocycles. The second kappa shape index (κ2) is 12.8. The van der Waals surface area contributed by atoms with Gasteiger partial charge in [-0.25, -0.2) is 0 Å². The fraction of sp³-hybridized carbons (Fsp3) is 0.333. The van der Waals surface area contributed by atoms with Gasteiger partial charge < -0.3 is 14.9 Å². The van der Waals surface area contributed by atoms with Crippen LogP contribution in [0.15, 0.2) is 101 Å². The lowest BCUT2D eigenvalue weighted by molar-refractivity contribution is -0.132. The van der Waals surface area contributed by atoms with Crippen LogP contribution in [0.2, 0.25) is 0 Å². The molecular weight excluding hydrogens is 492 g/mol. The average molecular weight is 531 g/mol. The lowest BCUT2D eigenvalue weighted by Gasteiger charge is -2.41. The lowest BCUT2D eigenvalue weighted by Crippen LogP contribution is -2.47. The molecule has 1 heterocycles. The summed E-state index contributed by atoms with van der Waals surface area (Å²) in [7, 11) is 2.03. The van der Waals surface area contributed by atoms with Crippen LogP contribution in [0.4, 0.5) is 0 Å². The predicted octanol–water partition coefficient (Wildman–Crippen LogP) is 4.37. The van der Waals surface area contributed by atoms with E-state index in [9.17, 15) is 9.90 Å². The Morgan fingerprint density at radius 1 is 1.20 bits per heavy atom. The van der Waals surface area contributed by atoms with E-state index in [-0.39, 0.29) is 23.7 Å². The van der Waals surface area contributed by atoms with Crippen molar-refractivity contribution in [3.05, 3.63) is 112 Å². The Morgan fingerprint density at radius 3 is 2.60 bits per heavy atom. The maximum absolute atomic E-state index is 13.2. The monoisotopic (exact) mass is 530 g/mol. The van der Waals surface area contributed by atoms with Crippen LogP contribution in [-0.4, -0.2) is 46.4 Å². The molecule has 0 bridgehead atoms. The van der Waals surface area contributed by atoms with Crippen LogP contribution in [0.5, 0.6) is 0 Å². The first kappa shape index (κ1) is 28.8. The molecule has 1 aliphatic heterocycles. The molecule has 2 aliphatic carbocycles. The van der Waals surface area contributed by atoms with Crippen molar-refractivity contribution in [2.45, 2.75) is 45.8 Å². The van der Waals surface area contributed by atoms with Crippen LogP contribution in [0, 0.1) is 30.1 Å². The van der Waals surface area contributed by atoms with Gasteiger partial charge in [-0.05, 0) is 80.0 Å². The minimum absolute atomic E-state index is 0.0487. The highest BCUT2D eigenvalue weighted by Crippen LogP contribution is 2.38. The number of Topliss-reactive ketones (excluding diaryl/α,β-unsaturated/α-hetero) is 1. The Kier molecular flexibility index (Phi) is 9.19. The number of ketones is 1. The fourth-order valence-electron chi connectivity index (χ4n) is 6.06. The highest BCUT2D eigenvalue weighted by atomic mass is 16.3. The first-order valence-corrected chi connectivity index (χ1v) is 13.8. The number of carbonyl (C=O) groups is 1. The molecule has 4 nitrogen and oxygen atoms in total. The predicted molar refractivity (Wildman–Crippen MR) is 163 cm³/mol. The SMILES string of the molecule is C#CC1=C(/C=C\C)N(C)CC(C=C=C=C=C)N1/C(C)=C/C=C(\C)CC1C(=O)CC2C=c3ccccc3=CC2C1O. The summed E-state index contributed by atoms with van der Waals surface area (Å²) >= 11 is 0. The summed E-state index contributed by atoms with van der Waals surface area (Å²) in [5, 5.41) is 13.6. The third kappa shape index (κ3) is 6.00. The third-order valence-electron chi connectivity index (χ3n) is 8.03. The Labute approximate surface area is 238 Å². The molecule has 0 spiro atoms. The van der Waals surface area contributed by atoms with Gasteiger partial charge in [-0.3, -0.25) is 4.79 Å². The molecule has 0 radical (unpaired) electrons. The van der Waals surface area contributed by atoms with Gasteiger partial charge >= 0.3 is 0 Å². The van der Waals surface area contributed by atoms with Gasteiger partial charge in [0.05, 0.1) is 17.8 Å². The van der Waals surface area contributed by atoms with Crippen molar-refractivity contribution in [2.24, 2.45) is 17.8 Å². The molecule has 1 saturated carbocycles. The molecule has 4 rings (SSSR count). The van der Waals surface area contributed by atoms with E-state index in [2.05, 4.69) is 63.8 Å². The third-order valence-corrected chi connectivity index (χ3v) is 8.03. The first-order valence-electron chi connectivity index (χ1n) is 13.8. The van der Waals surface area contributed by atoms with Crippen LogP contribution >= 0.6 is 0 Å². The number of aliphatic hydroxyl groups excluding tert-OH is 1. The van der Waals surface area contributed by atoms with Crippen molar-refractivity contribution >= 4 is 17.9 Å². The van der Waals surface area contributed by atoms with Gasteiger partial charge in [-0.1, -0.05) is 65.6 Å². The summed E-state index contributed by atoms with van der Waals surface area (Å²) in [5.74, 6) is 2.60. The number of terminal acetylenes is 1. The minimum Gasteiger partial charge on any atom is -0.392 e. The van der Waals surface area contributed by atoms with Gasteiger partial charge in [0.25, 0.3) is 0 Å². The minimum atomic E-state index is -0.708. The molecule has 40 heavy (non-hydrogen) atoms. The number of benzene rings is 1. The summed E-state index contributed by atoms with van der Waals surface area (Å²) in [6, 6.07) is 8.11. The van der Waals surface area contributed by atoms with Crippen molar-refractivity contribution in [3.8, 4) is 12.3 Å². The average Bonchev–Trinajstić information content (AvgIpc) is 2.94. The summed E-state index contributed by atoms with van der Waals surface area (Å²) in [6.07, 6.45) is 20.6. The largest absolute Gasteiger partial charge is 0.392 e. The van der Waals surface area contributed by atoms with Crippen molar-refractivity contribution in [2.75, 3.05) is 13.6 Å². The standard InChI is InChI=1S/C36H38N2O2/c1-7-10-11-17-30-24-37(6)34(14-8-2)33(9-3)38(30)26(5)19-18-25(4)20-32-35(39)23-29-21-27-15-12-13-16-28(27)22-31(29)36(32)40/h3,8,12-19,21-22,29-32,36,40H,1,20,23-24H2,2,4-6H3/b14-8-,25-18+,26-19+. The van der Waals surface area contributed by atoms with E-state index in [1.807, 2.05) is 70.3 Å². The highest BCUT2D eigenvalue weighted by molar-refractivity contribution is 5.84. The maximum Gasteiger partial charge on any atom is 0.139 e. The normalized spacial score (nSPS) is 26.5. The van der Waals surface area contributed by atoms with Crippen molar-refractivity contribution < 1.29 is 9.90 Å². The summed E-state index contributed by atoms with van der Waals surface area (Å²) in [4.78, 5) is 17.4. The number of allylic oxidation sites excluding steroid dienone is 7. The molecule has 0 amide bonds. The van der Waals surface area contributed by atoms with Gasteiger partial charge in [0, 0.05) is 37.5 Å². The number of hydrogen-bond acceptors (Lipinski definition) is 4. The Hall–Kier alpha value is -4.21. The highest BCUT2D eigenvalue weighted by Gasteiger charge is 2.42. The van der Waals surface area contributed by atoms with E-state index in [1.54, 1.807) is 0 Å². The molecule has 1 aromatic carbocycles. The summed E-state index contributed by atoms with van der Waals surface area (Å²) in [5.41, 5.74) is 12.2. The quantitative estimate of drug-likeness (QED) is 0.337. The van der Waals surface area contributed by atoms with Crippen LogP contribution in [0.25, 0.3) is 12.2 Å². The number of rotatable bonds is 6. The number of aliphatic hydroxyl groups is 1. The van der Waals surface area contributed by atoms with Gasteiger partial charge in [0.15, 0.2) is 0 Å². The Morgan fingerprint density at radius 2 is 1.93 bits per heavy atom. The molecular formula is C36H38N2O2. The molecule has 1 N–H and O–H groups in total. The lowest BCUT2D eigenvalue weighted by atomic mass is 9.68. The smallest absolute Gasteiger partial charge is 0.139 e. The van der Waals surface area contributed by atoms with E-state index < -0.39 is 12.0 Å². The van der Waals surface area contributed by atoms with Gasteiger partial charge in [0.2, 0.25) is 0 Å². The molecule has 1 fully saturated rings. The van der Waals surface area contributed by atoms with Gasteiger partial charge in [-0.15, -0.1) is 6.42 Å². The fourth-order valence-corrected chi connectivity index (χ4v) is 6.06. The van der Waals surface area contributed by atoms with E-state index >= 15 is 0 Å². The molecule has 1 aromatic rings. The Balaban J connectivity index is 1.60. The van der Waals surface area contributed by atoms with Gasteiger partial charge in [-0.2, -0.15) is 0 Å². The second-order valence-electron chi connectivity index (χ2n) is 10.8. The number of likely N-dealkylation sites (N-methyl/N-ethyl adjacent to an activating group) is 1. The number of fused-ring (bicyclic) bond motifs is 2. The van der Waals surface area contributed by atoms with Crippen LogP contribution in [0.3, 0.4) is 0 Å². The number of hydrogen-bond donors (Lipinski definition) is 1. The zero-order valence-corrected chi connectivity index (χ0v) is 23.9. The van der Waals surface area contributed by atoms with Crippen LogP contribution in [-0.2, 0) is 4.79 Å². The van der Waals surface area contributed by atoms with Gasteiger partial charge in [0.1, 0.15) is 11.5 Å². The van der Waals surface area contributed by atoms with E-state index in [0.29, 0.717) is 19.4 Å². The molecule has 5 atom stereocenters.